The third-order valence-corrected chi connectivity index (χ3v) is 4.12. The van der Waals surface area contributed by atoms with Crippen molar-refractivity contribution >= 4 is 31.3 Å². The van der Waals surface area contributed by atoms with E-state index in [1.165, 1.54) is 12.1 Å². The summed E-state index contributed by atoms with van der Waals surface area (Å²) in [5, 5.41) is 0.287. The number of aromatic nitrogens is 2. The summed E-state index contributed by atoms with van der Waals surface area (Å²) in [5.74, 6) is 0.204. The molecule has 0 aliphatic heterocycles. The second-order valence-corrected chi connectivity index (χ2v) is 7.00. The van der Waals surface area contributed by atoms with Crippen molar-refractivity contribution in [1.82, 2.24) is 9.55 Å². The van der Waals surface area contributed by atoms with Gasteiger partial charge in [-0.05, 0) is 24.6 Å². The first-order chi connectivity index (χ1) is 9.47. The summed E-state index contributed by atoms with van der Waals surface area (Å²) in [6.45, 7) is 1.09. The van der Waals surface area contributed by atoms with Gasteiger partial charge in [0.2, 0.25) is 0 Å². The molecule has 0 saturated carbocycles. The van der Waals surface area contributed by atoms with Gasteiger partial charge in [0.25, 0.3) is 9.05 Å². The lowest BCUT2D eigenvalue weighted by Crippen LogP contribution is -2.05. The molecule has 108 valence electrons. The average Bonchev–Trinajstić information content (AvgIpc) is 2.88. The first kappa shape index (κ1) is 15.2. The van der Waals surface area contributed by atoms with Gasteiger partial charge in [0.15, 0.2) is 0 Å². The number of benzene rings is 1. The number of halogens is 2. The maximum Gasteiger partial charge on any atom is 0.265 e. The van der Waals surface area contributed by atoms with Crippen LogP contribution in [0.25, 0.3) is 0 Å². The van der Waals surface area contributed by atoms with Crippen LogP contribution in [0, 0.1) is 0 Å². The van der Waals surface area contributed by atoms with Gasteiger partial charge in [-0.15, -0.1) is 0 Å². The van der Waals surface area contributed by atoms with Gasteiger partial charge in [0.05, 0.1) is 12.9 Å². The normalized spacial score (nSPS) is 11.5. The Kier molecular flexibility index (Phi) is 4.91. The molecule has 0 N–H and O–H groups in total. The molecule has 8 heteroatoms. The van der Waals surface area contributed by atoms with Crippen molar-refractivity contribution < 1.29 is 13.2 Å². The summed E-state index contributed by atoms with van der Waals surface area (Å²) in [6.07, 6.45) is 5.95. The van der Waals surface area contributed by atoms with Crippen LogP contribution in [0.1, 0.15) is 6.42 Å². The highest BCUT2D eigenvalue weighted by atomic mass is 35.7. The molecule has 2 rings (SSSR count). The van der Waals surface area contributed by atoms with Crippen molar-refractivity contribution in [2.45, 2.75) is 17.9 Å². The van der Waals surface area contributed by atoms with Crippen molar-refractivity contribution in [1.29, 1.82) is 0 Å². The Balaban J connectivity index is 1.99. The molecule has 0 radical (unpaired) electrons. The first-order valence-corrected chi connectivity index (χ1v) is 8.48. The molecule has 0 bridgehead atoms. The first-order valence-electron chi connectivity index (χ1n) is 5.79. The standard InChI is InChI=1S/C12H12Cl2N2O3S/c13-10-2-3-11(12(8-10)20(14,17)18)19-7-1-5-16-6-4-15-9-16/h2-4,6,8-9H,1,5,7H2. The maximum atomic E-state index is 11.4. The van der Waals surface area contributed by atoms with Gasteiger partial charge in [-0.1, -0.05) is 11.6 Å². The largest absolute Gasteiger partial charge is 0.492 e. The highest BCUT2D eigenvalue weighted by molar-refractivity contribution is 8.13. The van der Waals surface area contributed by atoms with Crippen LogP contribution in [-0.4, -0.2) is 24.6 Å². The van der Waals surface area contributed by atoms with E-state index in [0.29, 0.717) is 13.0 Å². The number of rotatable bonds is 6. The summed E-state index contributed by atoms with van der Waals surface area (Å²) in [5.41, 5.74) is 0. The van der Waals surface area contributed by atoms with Crippen molar-refractivity contribution in [3.05, 3.63) is 41.9 Å². The van der Waals surface area contributed by atoms with Crippen LogP contribution in [0.4, 0.5) is 0 Å². The van der Waals surface area contributed by atoms with Gasteiger partial charge >= 0.3 is 0 Å². The van der Waals surface area contributed by atoms with Crippen molar-refractivity contribution in [3.63, 3.8) is 0 Å². The zero-order chi connectivity index (χ0) is 14.6. The van der Waals surface area contributed by atoms with Crippen molar-refractivity contribution in [2.24, 2.45) is 0 Å². The molecule has 1 heterocycles. The summed E-state index contributed by atoms with van der Waals surface area (Å²) in [6, 6.07) is 4.32. The molecule has 1 aromatic carbocycles. The number of hydrogen-bond donors (Lipinski definition) is 0. The minimum Gasteiger partial charge on any atom is -0.492 e. The molecule has 0 unspecified atom stereocenters. The lowest BCUT2D eigenvalue weighted by molar-refractivity contribution is 0.294. The lowest BCUT2D eigenvalue weighted by Gasteiger charge is -2.10. The predicted octanol–water partition coefficient (Wildman–Crippen LogP) is 2.93. The second-order valence-electron chi connectivity index (χ2n) is 4.03. The molecule has 0 fully saturated rings. The van der Waals surface area contributed by atoms with E-state index in [0.717, 1.165) is 6.54 Å². The summed E-state index contributed by atoms with van der Waals surface area (Å²) in [4.78, 5) is 3.81. The monoisotopic (exact) mass is 334 g/mol. The van der Waals surface area contributed by atoms with E-state index in [2.05, 4.69) is 4.98 Å². The Morgan fingerprint density at radius 1 is 1.35 bits per heavy atom. The third-order valence-electron chi connectivity index (χ3n) is 2.55. The molecule has 1 aromatic heterocycles. The molecule has 0 aliphatic carbocycles. The summed E-state index contributed by atoms with van der Waals surface area (Å²) in [7, 11) is 1.46. The molecule has 20 heavy (non-hydrogen) atoms. The molecule has 0 amide bonds. The lowest BCUT2D eigenvalue weighted by atomic mass is 10.3. The Labute approximate surface area is 126 Å². The van der Waals surface area contributed by atoms with Crippen molar-refractivity contribution in [2.75, 3.05) is 6.61 Å². The summed E-state index contributed by atoms with van der Waals surface area (Å²) < 4.78 is 30.2. The highest BCUT2D eigenvalue weighted by Gasteiger charge is 2.17. The van der Waals surface area contributed by atoms with Crippen LogP contribution >= 0.6 is 22.3 Å². The summed E-state index contributed by atoms with van der Waals surface area (Å²) >= 11 is 5.76. The number of imidazole rings is 1. The van der Waals surface area contributed by atoms with Crippen LogP contribution < -0.4 is 4.74 Å². The fraction of sp³-hybridized carbons (Fsp3) is 0.250. The Hall–Kier alpha value is -1.24. The number of aryl methyl sites for hydroxylation is 1. The molecule has 5 nitrogen and oxygen atoms in total. The van der Waals surface area contributed by atoms with Gasteiger partial charge in [0, 0.05) is 34.6 Å². The molecule has 2 aromatic rings. The van der Waals surface area contributed by atoms with E-state index in [1.807, 2.05) is 10.8 Å². The van der Waals surface area contributed by atoms with Crippen LogP contribution in [0.2, 0.25) is 5.02 Å². The topological polar surface area (TPSA) is 61.2 Å². The van der Waals surface area contributed by atoms with E-state index in [9.17, 15) is 8.42 Å². The SMILES string of the molecule is O=S(=O)(Cl)c1cc(Cl)ccc1OCCCn1ccnc1. The molecule has 0 atom stereocenters. The molecule has 0 aliphatic rings. The number of ether oxygens (including phenoxy) is 1. The van der Waals surface area contributed by atoms with Crippen LogP contribution in [0.3, 0.4) is 0 Å². The van der Waals surface area contributed by atoms with Gasteiger partial charge < -0.3 is 9.30 Å². The minimum absolute atomic E-state index is 0.116. The van der Waals surface area contributed by atoms with Crippen molar-refractivity contribution in [3.8, 4) is 5.75 Å². The Bertz CT molecular complexity index is 672. The van der Waals surface area contributed by atoms with Crippen LogP contribution in [0.15, 0.2) is 41.8 Å². The number of nitrogens with zero attached hydrogens (tertiary/aromatic N) is 2. The van der Waals surface area contributed by atoms with Crippen LogP contribution in [-0.2, 0) is 15.6 Å². The van der Waals surface area contributed by atoms with E-state index in [4.69, 9.17) is 27.0 Å². The molecule has 0 spiro atoms. The van der Waals surface area contributed by atoms with Gasteiger partial charge in [-0.25, -0.2) is 13.4 Å². The highest BCUT2D eigenvalue weighted by Crippen LogP contribution is 2.29. The zero-order valence-corrected chi connectivity index (χ0v) is 12.7. The molecular weight excluding hydrogens is 323 g/mol. The van der Waals surface area contributed by atoms with Crippen LogP contribution in [0.5, 0.6) is 5.75 Å². The van der Waals surface area contributed by atoms with E-state index < -0.39 is 9.05 Å². The second kappa shape index (κ2) is 6.47. The van der Waals surface area contributed by atoms with Gasteiger partial charge in [-0.2, -0.15) is 0 Å². The Morgan fingerprint density at radius 2 is 2.15 bits per heavy atom. The maximum absolute atomic E-state index is 11.4. The van der Waals surface area contributed by atoms with E-state index in [1.54, 1.807) is 18.6 Å². The minimum atomic E-state index is -3.89. The van der Waals surface area contributed by atoms with E-state index in [-0.39, 0.29) is 15.7 Å². The van der Waals surface area contributed by atoms with E-state index >= 15 is 0 Å². The molecular formula is C12H12Cl2N2O3S. The smallest absolute Gasteiger partial charge is 0.265 e. The average molecular weight is 335 g/mol. The fourth-order valence-electron chi connectivity index (χ4n) is 1.64. The quantitative estimate of drug-likeness (QED) is 0.601. The third kappa shape index (κ3) is 4.13. The van der Waals surface area contributed by atoms with Gasteiger partial charge in [-0.3, -0.25) is 0 Å². The number of hydrogen-bond acceptors (Lipinski definition) is 4. The zero-order valence-electron chi connectivity index (χ0n) is 10.4. The Morgan fingerprint density at radius 3 is 2.80 bits per heavy atom. The van der Waals surface area contributed by atoms with Gasteiger partial charge in [0.1, 0.15) is 10.6 Å². The predicted molar refractivity (Wildman–Crippen MR) is 76.8 cm³/mol. The molecule has 0 saturated heterocycles. The fourth-order valence-corrected chi connectivity index (χ4v) is 2.87.